The lowest BCUT2D eigenvalue weighted by molar-refractivity contribution is 0.294. The van der Waals surface area contributed by atoms with Gasteiger partial charge in [0.1, 0.15) is 19.0 Å². The SMILES string of the molecule is C#Cc1cc(OCc2ccccc2)cc(-c2ccc(OCc3ccccc3)nc2)c1. The van der Waals surface area contributed by atoms with E-state index in [0.29, 0.717) is 19.1 Å². The molecular weight excluding hydrogens is 370 g/mol. The smallest absolute Gasteiger partial charge is 0.213 e. The predicted octanol–water partition coefficient (Wildman–Crippen LogP) is 5.89. The van der Waals surface area contributed by atoms with E-state index in [1.54, 1.807) is 6.20 Å². The van der Waals surface area contributed by atoms with Crippen molar-refractivity contribution in [1.82, 2.24) is 4.98 Å². The van der Waals surface area contributed by atoms with Crippen LogP contribution in [0.1, 0.15) is 16.7 Å². The molecule has 0 saturated heterocycles. The second kappa shape index (κ2) is 9.45. The maximum atomic E-state index is 5.97. The van der Waals surface area contributed by atoms with E-state index in [-0.39, 0.29) is 0 Å². The summed E-state index contributed by atoms with van der Waals surface area (Å²) in [4.78, 5) is 4.43. The number of aromatic nitrogens is 1. The molecule has 30 heavy (non-hydrogen) atoms. The van der Waals surface area contributed by atoms with Gasteiger partial charge in [-0.15, -0.1) is 6.42 Å². The molecule has 0 aliphatic rings. The fraction of sp³-hybridized carbons (Fsp3) is 0.0741. The zero-order valence-corrected chi connectivity index (χ0v) is 16.5. The molecule has 0 saturated carbocycles. The maximum Gasteiger partial charge on any atom is 0.213 e. The molecule has 3 nitrogen and oxygen atoms in total. The quantitative estimate of drug-likeness (QED) is 0.368. The van der Waals surface area contributed by atoms with Crippen molar-refractivity contribution in [3.63, 3.8) is 0 Å². The first-order chi connectivity index (χ1) is 14.8. The topological polar surface area (TPSA) is 31.4 Å². The molecule has 0 atom stereocenters. The summed E-state index contributed by atoms with van der Waals surface area (Å²) >= 11 is 0. The van der Waals surface area contributed by atoms with Gasteiger partial charge in [0.2, 0.25) is 5.88 Å². The van der Waals surface area contributed by atoms with Crippen molar-refractivity contribution in [2.75, 3.05) is 0 Å². The third-order valence-electron chi connectivity index (χ3n) is 4.62. The fourth-order valence-corrected chi connectivity index (χ4v) is 3.04. The minimum atomic E-state index is 0.483. The Morgan fingerprint density at radius 2 is 1.37 bits per heavy atom. The molecule has 0 unspecified atom stereocenters. The summed E-state index contributed by atoms with van der Waals surface area (Å²) in [6.07, 6.45) is 7.44. The third-order valence-corrected chi connectivity index (χ3v) is 4.62. The molecule has 0 fully saturated rings. The molecule has 0 aliphatic heterocycles. The highest BCUT2D eigenvalue weighted by atomic mass is 16.5. The summed E-state index contributed by atoms with van der Waals surface area (Å²) in [5.74, 6) is 4.01. The van der Waals surface area contributed by atoms with E-state index in [1.165, 1.54) is 0 Å². The van der Waals surface area contributed by atoms with Crippen LogP contribution in [0.3, 0.4) is 0 Å². The molecule has 0 aliphatic carbocycles. The largest absolute Gasteiger partial charge is 0.489 e. The molecule has 0 N–H and O–H groups in total. The molecule has 0 radical (unpaired) electrons. The van der Waals surface area contributed by atoms with E-state index in [4.69, 9.17) is 15.9 Å². The van der Waals surface area contributed by atoms with E-state index in [9.17, 15) is 0 Å². The number of rotatable bonds is 7. The Balaban J connectivity index is 1.47. The predicted molar refractivity (Wildman–Crippen MR) is 119 cm³/mol. The molecule has 3 heteroatoms. The van der Waals surface area contributed by atoms with Crippen LogP contribution in [0.5, 0.6) is 11.6 Å². The minimum Gasteiger partial charge on any atom is -0.489 e. The van der Waals surface area contributed by atoms with Gasteiger partial charge >= 0.3 is 0 Å². The standard InChI is InChI=1S/C27H21NO2/c1-2-21-15-25(17-26(16-21)29-19-22-9-5-3-6-10-22)24-13-14-27(28-18-24)30-20-23-11-7-4-8-12-23/h1,3-18H,19-20H2. The van der Waals surface area contributed by atoms with Gasteiger partial charge in [-0.05, 0) is 41.0 Å². The molecule has 0 bridgehead atoms. The van der Waals surface area contributed by atoms with Gasteiger partial charge in [-0.1, -0.05) is 66.6 Å². The summed E-state index contributed by atoms with van der Waals surface area (Å²) in [6.45, 7) is 0.968. The molecular formula is C27H21NO2. The summed E-state index contributed by atoms with van der Waals surface area (Å²) in [5, 5.41) is 0. The van der Waals surface area contributed by atoms with Crippen LogP contribution in [-0.2, 0) is 13.2 Å². The number of pyridine rings is 1. The molecule has 0 amide bonds. The Morgan fingerprint density at radius 1 is 0.700 bits per heavy atom. The van der Waals surface area contributed by atoms with E-state index < -0.39 is 0 Å². The minimum absolute atomic E-state index is 0.483. The summed E-state index contributed by atoms with van der Waals surface area (Å²) in [5.41, 5.74) is 4.87. The zero-order valence-electron chi connectivity index (χ0n) is 16.5. The Labute approximate surface area is 177 Å². The van der Waals surface area contributed by atoms with E-state index >= 15 is 0 Å². The number of benzene rings is 3. The number of nitrogens with zero attached hydrogens (tertiary/aromatic N) is 1. The van der Waals surface area contributed by atoms with Crippen molar-refractivity contribution in [2.45, 2.75) is 13.2 Å². The van der Waals surface area contributed by atoms with Crippen LogP contribution in [-0.4, -0.2) is 4.98 Å². The van der Waals surface area contributed by atoms with E-state index in [2.05, 4.69) is 10.9 Å². The molecule has 4 aromatic rings. The summed E-state index contributed by atoms with van der Waals surface area (Å²) < 4.78 is 11.7. The van der Waals surface area contributed by atoms with Crippen LogP contribution in [0.2, 0.25) is 0 Å². The van der Waals surface area contributed by atoms with Gasteiger partial charge in [-0.2, -0.15) is 0 Å². The van der Waals surface area contributed by atoms with E-state index in [0.717, 1.165) is 33.6 Å². The molecule has 4 rings (SSSR count). The highest BCUT2D eigenvalue weighted by Crippen LogP contribution is 2.27. The van der Waals surface area contributed by atoms with Crippen molar-refractivity contribution >= 4 is 0 Å². The van der Waals surface area contributed by atoms with Crippen molar-refractivity contribution in [3.05, 3.63) is 114 Å². The maximum absolute atomic E-state index is 5.97. The van der Waals surface area contributed by atoms with Crippen LogP contribution < -0.4 is 9.47 Å². The summed E-state index contributed by atoms with van der Waals surface area (Å²) in [7, 11) is 0. The Hall–Kier alpha value is -4.03. The molecule has 1 heterocycles. The highest BCUT2D eigenvalue weighted by Gasteiger charge is 2.06. The van der Waals surface area contributed by atoms with Crippen molar-refractivity contribution in [1.29, 1.82) is 0 Å². The van der Waals surface area contributed by atoms with Crippen LogP contribution in [0.25, 0.3) is 11.1 Å². The average molecular weight is 391 g/mol. The van der Waals surface area contributed by atoms with Gasteiger partial charge in [-0.25, -0.2) is 4.98 Å². The first kappa shape index (κ1) is 19.3. The molecule has 3 aromatic carbocycles. The van der Waals surface area contributed by atoms with Gasteiger partial charge in [0.15, 0.2) is 0 Å². The number of ether oxygens (including phenoxy) is 2. The third kappa shape index (κ3) is 5.06. The van der Waals surface area contributed by atoms with Crippen LogP contribution in [0.15, 0.2) is 97.2 Å². The second-order valence-electron chi connectivity index (χ2n) is 6.82. The molecule has 0 spiro atoms. The lowest BCUT2D eigenvalue weighted by Gasteiger charge is -2.10. The highest BCUT2D eigenvalue weighted by molar-refractivity contribution is 5.67. The number of hydrogen-bond acceptors (Lipinski definition) is 3. The zero-order chi connectivity index (χ0) is 20.6. The monoisotopic (exact) mass is 391 g/mol. The van der Waals surface area contributed by atoms with Crippen molar-refractivity contribution in [3.8, 4) is 35.1 Å². The van der Waals surface area contributed by atoms with Gasteiger partial charge in [0, 0.05) is 23.4 Å². The van der Waals surface area contributed by atoms with Crippen molar-refractivity contribution in [2.24, 2.45) is 0 Å². The molecule has 1 aromatic heterocycles. The first-order valence-corrected chi connectivity index (χ1v) is 9.72. The van der Waals surface area contributed by atoms with E-state index in [1.807, 2.05) is 91.0 Å². The van der Waals surface area contributed by atoms with Gasteiger partial charge in [0.05, 0.1) is 0 Å². The number of terminal acetylenes is 1. The Kier molecular flexibility index (Phi) is 6.08. The fourth-order valence-electron chi connectivity index (χ4n) is 3.04. The Bertz CT molecular complexity index is 1130. The molecule has 146 valence electrons. The van der Waals surface area contributed by atoms with Crippen LogP contribution in [0, 0.1) is 12.3 Å². The lowest BCUT2D eigenvalue weighted by atomic mass is 10.0. The van der Waals surface area contributed by atoms with Gasteiger partial charge in [-0.3, -0.25) is 0 Å². The normalized spacial score (nSPS) is 10.2. The van der Waals surface area contributed by atoms with Crippen LogP contribution in [0.4, 0.5) is 0 Å². The van der Waals surface area contributed by atoms with Gasteiger partial charge in [0.25, 0.3) is 0 Å². The van der Waals surface area contributed by atoms with Crippen LogP contribution >= 0.6 is 0 Å². The summed E-state index contributed by atoms with van der Waals surface area (Å²) in [6, 6.07) is 29.7. The lowest BCUT2D eigenvalue weighted by Crippen LogP contribution is -1.97. The first-order valence-electron chi connectivity index (χ1n) is 9.72. The Morgan fingerprint density at radius 3 is 1.97 bits per heavy atom. The van der Waals surface area contributed by atoms with Gasteiger partial charge < -0.3 is 9.47 Å². The number of hydrogen-bond donors (Lipinski definition) is 0. The second-order valence-corrected chi connectivity index (χ2v) is 6.82. The average Bonchev–Trinajstić information content (AvgIpc) is 2.83. The van der Waals surface area contributed by atoms with Crippen molar-refractivity contribution < 1.29 is 9.47 Å².